The van der Waals surface area contributed by atoms with E-state index in [9.17, 15) is 39.6 Å². The van der Waals surface area contributed by atoms with Crippen molar-refractivity contribution in [2.24, 2.45) is 46.3 Å². The maximum absolute atomic E-state index is 12.5. The molecule has 0 aliphatic heterocycles. The Morgan fingerprint density at radius 3 is 1.38 bits per heavy atom. The molecule has 4 unspecified atom stereocenters. The van der Waals surface area contributed by atoms with Gasteiger partial charge in [0, 0.05) is 0 Å². The van der Waals surface area contributed by atoms with E-state index in [4.69, 9.17) is 0 Å². The third-order valence-electron chi connectivity index (χ3n) is 7.31. The molecule has 0 saturated heterocycles. The summed E-state index contributed by atoms with van der Waals surface area (Å²) in [6.45, 7) is 9.47. The topological polar surface area (TPSA) is 149 Å². The van der Waals surface area contributed by atoms with Crippen LogP contribution in [0.15, 0.2) is 0 Å². The van der Waals surface area contributed by atoms with Crippen molar-refractivity contribution in [1.82, 2.24) is 0 Å². The Bertz CT molecular complexity index is 638. The van der Waals surface area contributed by atoms with E-state index in [0.29, 0.717) is 19.3 Å². The summed E-state index contributed by atoms with van der Waals surface area (Å²) >= 11 is 0. The fourth-order valence-corrected chi connectivity index (χ4v) is 5.84. The van der Waals surface area contributed by atoms with Crippen LogP contribution in [-0.2, 0) is 19.2 Å². The predicted octanol–water partition coefficient (Wildman–Crippen LogP) is 3.30. The largest absolute Gasteiger partial charge is 0.480 e. The molecule has 8 heteroatoms. The molecule has 4 atom stereocenters. The fourth-order valence-electron chi connectivity index (χ4n) is 5.84. The predicted molar refractivity (Wildman–Crippen MR) is 104 cm³/mol. The van der Waals surface area contributed by atoms with Crippen molar-refractivity contribution in [2.45, 2.75) is 60.8 Å². The first-order valence-electron chi connectivity index (χ1n) is 10.2. The van der Waals surface area contributed by atoms with E-state index < -0.39 is 70.2 Å². The second kappa shape index (κ2) is 8.71. The lowest BCUT2D eigenvalue weighted by molar-refractivity contribution is -0.202. The molecule has 1 saturated carbocycles. The van der Waals surface area contributed by atoms with Crippen molar-refractivity contribution in [2.75, 3.05) is 0 Å². The second-order valence-corrected chi connectivity index (χ2v) is 9.04. The molecule has 0 aromatic carbocycles. The average molecular weight is 414 g/mol. The summed E-state index contributed by atoms with van der Waals surface area (Å²) in [5.41, 5.74) is -4.58. The van der Waals surface area contributed by atoms with Gasteiger partial charge in [0.25, 0.3) is 0 Å². The molecule has 29 heavy (non-hydrogen) atoms. The van der Waals surface area contributed by atoms with Crippen molar-refractivity contribution < 1.29 is 39.6 Å². The lowest BCUT2D eigenvalue weighted by Gasteiger charge is -2.54. The Morgan fingerprint density at radius 1 is 0.759 bits per heavy atom. The highest BCUT2D eigenvalue weighted by atomic mass is 16.4. The molecule has 1 aliphatic carbocycles. The third-order valence-corrected chi connectivity index (χ3v) is 7.31. The van der Waals surface area contributed by atoms with Crippen LogP contribution in [0.3, 0.4) is 0 Å². The molecule has 1 aliphatic rings. The molecule has 0 aromatic rings. The number of carbonyl (C=O) groups is 4. The van der Waals surface area contributed by atoms with Crippen molar-refractivity contribution in [1.29, 1.82) is 0 Å². The van der Waals surface area contributed by atoms with Gasteiger partial charge in [-0.05, 0) is 41.9 Å². The van der Waals surface area contributed by atoms with Crippen LogP contribution in [0.1, 0.15) is 60.8 Å². The van der Waals surface area contributed by atoms with E-state index in [1.54, 1.807) is 13.8 Å². The maximum Gasteiger partial charge on any atom is 0.321 e. The van der Waals surface area contributed by atoms with Crippen LogP contribution in [0.5, 0.6) is 0 Å². The highest BCUT2D eigenvalue weighted by molar-refractivity contribution is 6.01. The molecule has 4 N–H and O–H groups in total. The van der Waals surface area contributed by atoms with Crippen LogP contribution in [0, 0.1) is 46.3 Å². The summed E-state index contributed by atoms with van der Waals surface area (Å²) in [7, 11) is 0. The monoisotopic (exact) mass is 414 g/mol. The van der Waals surface area contributed by atoms with Gasteiger partial charge in [-0.2, -0.15) is 0 Å². The van der Waals surface area contributed by atoms with Gasteiger partial charge in [0.1, 0.15) is 0 Å². The zero-order chi connectivity index (χ0) is 22.9. The van der Waals surface area contributed by atoms with Gasteiger partial charge in [0.15, 0.2) is 10.8 Å². The molecule has 0 aromatic heterocycles. The third kappa shape index (κ3) is 3.51. The van der Waals surface area contributed by atoms with Crippen molar-refractivity contribution in [3.8, 4) is 0 Å². The first-order valence-corrected chi connectivity index (χ1v) is 10.2. The minimum atomic E-state index is -2.29. The van der Waals surface area contributed by atoms with Crippen molar-refractivity contribution in [3.63, 3.8) is 0 Å². The quantitative estimate of drug-likeness (QED) is 0.420. The lowest BCUT2D eigenvalue weighted by Crippen LogP contribution is -2.63. The first-order chi connectivity index (χ1) is 13.2. The van der Waals surface area contributed by atoms with E-state index in [-0.39, 0.29) is 0 Å². The smallest absolute Gasteiger partial charge is 0.321 e. The molecule has 8 nitrogen and oxygen atoms in total. The van der Waals surface area contributed by atoms with Gasteiger partial charge in [-0.3, -0.25) is 19.2 Å². The summed E-state index contributed by atoms with van der Waals surface area (Å²) < 4.78 is 0. The van der Waals surface area contributed by atoms with Crippen LogP contribution in [0.25, 0.3) is 0 Å². The molecule has 166 valence electrons. The number of rotatable bonds is 9. The molecule has 0 amide bonds. The summed E-state index contributed by atoms with van der Waals surface area (Å²) in [5.74, 6) is -11.1. The standard InChI is InChI=1S/C21H34O8/c1-7-13-9-8-12(6)14(20(10(2)3,16(22)23)17(24)25)15(13)21(11(4)5,18(26)27)19(28)29/h10-15H,7-9H2,1-6H3,(H,22,23)(H,24,25)(H,26,27)(H,28,29). The van der Waals surface area contributed by atoms with Gasteiger partial charge < -0.3 is 20.4 Å². The number of carboxylic acid groups (broad SMARTS) is 4. The molecular formula is C21H34O8. The summed E-state index contributed by atoms with van der Waals surface area (Å²) in [4.78, 5) is 49.9. The minimum Gasteiger partial charge on any atom is -0.480 e. The molecule has 1 rings (SSSR count). The van der Waals surface area contributed by atoms with Crippen LogP contribution < -0.4 is 0 Å². The Morgan fingerprint density at radius 2 is 1.10 bits per heavy atom. The van der Waals surface area contributed by atoms with Crippen LogP contribution in [0.4, 0.5) is 0 Å². The van der Waals surface area contributed by atoms with Gasteiger partial charge in [0.2, 0.25) is 0 Å². The van der Waals surface area contributed by atoms with Crippen LogP contribution >= 0.6 is 0 Å². The zero-order valence-corrected chi connectivity index (χ0v) is 18.0. The van der Waals surface area contributed by atoms with Gasteiger partial charge in [-0.25, -0.2) is 0 Å². The summed E-state index contributed by atoms with van der Waals surface area (Å²) in [6.07, 6.45) is 1.49. The van der Waals surface area contributed by atoms with Gasteiger partial charge in [-0.15, -0.1) is 0 Å². The SMILES string of the molecule is CCC1CCC(C)C(C(C(=O)O)(C(=O)O)C(C)C)C1C(C(=O)O)(C(=O)O)C(C)C. The maximum atomic E-state index is 12.5. The molecule has 0 heterocycles. The van der Waals surface area contributed by atoms with E-state index in [1.807, 2.05) is 0 Å². The number of hydrogen-bond donors (Lipinski definition) is 4. The van der Waals surface area contributed by atoms with Crippen molar-refractivity contribution >= 4 is 23.9 Å². The number of carboxylic acids is 4. The minimum absolute atomic E-state index is 0.414. The number of hydrogen-bond acceptors (Lipinski definition) is 4. The first kappa shape index (κ1) is 24.9. The van der Waals surface area contributed by atoms with E-state index >= 15 is 0 Å². The Balaban J connectivity index is 4.06. The molecule has 0 bridgehead atoms. The molecule has 0 spiro atoms. The molecule has 1 fully saturated rings. The second-order valence-electron chi connectivity index (χ2n) is 9.04. The van der Waals surface area contributed by atoms with Gasteiger partial charge in [0.05, 0.1) is 0 Å². The number of aliphatic carboxylic acids is 4. The Kier molecular flexibility index (Phi) is 7.49. The highest BCUT2D eigenvalue weighted by Gasteiger charge is 2.68. The molecular weight excluding hydrogens is 380 g/mol. The highest BCUT2D eigenvalue weighted by Crippen LogP contribution is 2.59. The van der Waals surface area contributed by atoms with E-state index in [0.717, 1.165) is 0 Å². The Hall–Kier alpha value is -2.12. The van der Waals surface area contributed by atoms with Crippen LogP contribution in [0.2, 0.25) is 0 Å². The van der Waals surface area contributed by atoms with Gasteiger partial charge >= 0.3 is 23.9 Å². The van der Waals surface area contributed by atoms with E-state index in [1.165, 1.54) is 27.7 Å². The normalized spacial score (nSPS) is 25.8. The van der Waals surface area contributed by atoms with Crippen LogP contribution in [-0.4, -0.2) is 44.3 Å². The summed E-state index contributed by atoms with van der Waals surface area (Å²) in [6, 6.07) is 0. The molecule has 0 radical (unpaired) electrons. The zero-order valence-electron chi connectivity index (χ0n) is 18.0. The Labute approximate surface area is 171 Å². The van der Waals surface area contributed by atoms with E-state index in [2.05, 4.69) is 0 Å². The van der Waals surface area contributed by atoms with Gasteiger partial charge in [-0.1, -0.05) is 54.4 Å². The lowest BCUT2D eigenvalue weighted by atomic mass is 9.46. The fraction of sp³-hybridized carbons (Fsp3) is 0.810. The van der Waals surface area contributed by atoms with Crippen molar-refractivity contribution in [3.05, 3.63) is 0 Å². The summed E-state index contributed by atoms with van der Waals surface area (Å²) in [5, 5.41) is 40.5. The average Bonchev–Trinajstić information content (AvgIpc) is 2.56.